The summed E-state index contributed by atoms with van der Waals surface area (Å²) in [5.74, 6) is -0.234. The first-order chi connectivity index (χ1) is 10.7. The lowest BCUT2D eigenvalue weighted by molar-refractivity contribution is -0.141. The van der Waals surface area contributed by atoms with Crippen molar-refractivity contribution < 1.29 is 14.3 Å². The van der Waals surface area contributed by atoms with E-state index in [1.807, 2.05) is 0 Å². The second-order valence-electron chi connectivity index (χ2n) is 5.25. The van der Waals surface area contributed by atoms with Crippen molar-refractivity contribution >= 4 is 5.97 Å². The van der Waals surface area contributed by atoms with Gasteiger partial charge < -0.3 is 9.47 Å². The lowest BCUT2D eigenvalue weighted by Gasteiger charge is -2.06. The van der Waals surface area contributed by atoms with Gasteiger partial charge in [0.15, 0.2) is 0 Å². The van der Waals surface area contributed by atoms with Crippen LogP contribution in [0, 0.1) is 6.92 Å². The van der Waals surface area contributed by atoms with Crippen molar-refractivity contribution in [1.82, 2.24) is 0 Å². The summed E-state index contributed by atoms with van der Waals surface area (Å²) < 4.78 is 10.00. The van der Waals surface area contributed by atoms with Crippen LogP contribution >= 0.6 is 0 Å². The summed E-state index contributed by atoms with van der Waals surface area (Å²) in [4.78, 5) is 10.9. The average Bonchev–Trinajstić information content (AvgIpc) is 2.55. The highest BCUT2D eigenvalue weighted by atomic mass is 16.5. The molecule has 0 heterocycles. The minimum absolute atomic E-state index is 0.234. The highest BCUT2D eigenvalue weighted by Gasteiger charge is 2.01. The van der Waals surface area contributed by atoms with Gasteiger partial charge in [0.25, 0.3) is 0 Å². The van der Waals surface area contributed by atoms with E-state index in [9.17, 15) is 4.79 Å². The monoisotopic (exact) mass is 298 g/mol. The Morgan fingerprint density at radius 1 is 0.909 bits per heavy atom. The number of hydrogen-bond donors (Lipinski definition) is 0. The lowest BCUT2D eigenvalue weighted by atomic mass is 10.0. The maximum absolute atomic E-state index is 10.9. The second-order valence-corrected chi connectivity index (χ2v) is 5.25. The van der Waals surface area contributed by atoms with Crippen LogP contribution in [0.2, 0.25) is 0 Å². The Labute approximate surface area is 131 Å². The number of hydrogen-bond acceptors (Lipinski definition) is 3. The highest BCUT2D eigenvalue weighted by molar-refractivity contribution is 5.69. The molecule has 3 heteroatoms. The van der Waals surface area contributed by atoms with Crippen molar-refractivity contribution in [3.8, 4) is 11.1 Å². The van der Waals surface area contributed by atoms with Gasteiger partial charge >= 0.3 is 5.97 Å². The Morgan fingerprint density at radius 3 is 2.09 bits per heavy atom. The van der Waals surface area contributed by atoms with Gasteiger partial charge in [-0.05, 0) is 30.0 Å². The van der Waals surface area contributed by atoms with E-state index in [1.54, 1.807) is 0 Å². The Kier molecular flexibility index (Phi) is 6.16. The number of benzene rings is 2. The van der Waals surface area contributed by atoms with Crippen LogP contribution in [0.15, 0.2) is 48.5 Å². The Bertz CT molecular complexity index is 585. The molecule has 0 spiro atoms. The van der Waals surface area contributed by atoms with E-state index in [1.165, 1.54) is 29.4 Å². The molecule has 0 aliphatic carbocycles. The molecule has 0 fully saturated rings. The van der Waals surface area contributed by atoms with Gasteiger partial charge in [0.05, 0.1) is 26.7 Å². The summed E-state index contributed by atoms with van der Waals surface area (Å²) in [6.07, 6.45) is 1.15. The smallest absolute Gasteiger partial charge is 0.307 e. The molecule has 0 aliphatic heterocycles. The molecular formula is C19H22O3. The summed E-state index contributed by atoms with van der Waals surface area (Å²) >= 11 is 0. The van der Waals surface area contributed by atoms with Gasteiger partial charge in [-0.25, -0.2) is 0 Å². The highest BCUT2D eigenvalue weighted by Crippen LogP contribution is 2.20. The molecule has 0 atom stereocenters. The van der Waals surface area contributed by atoms with E-state index < -0.39 is 0 Å². The third-order valence-electron chi connectivity index (χ3n) is 3.55. The fraction of sp³-hybridized carbons (Fsp3) is 0.316. The van der Waals surface area contributed by atoms with E-state index in [0.29, 0.717) is 19.6 Å². The fourth-order valence-electron chi connectivity index (χ4n) is 2.16. The van der Waals surface area contributed by atoms with Crippen LogP contribution in [0.25, 0.3) is 11.1 Å². The van der Waals surface area contributed by atoms with Crippen LogP contribution in [-0.4, -0.2) is 26.3 Å². The molecule has 0 aromatic heterocycles. The molecule has 0 saturated heterocycles. The molecule has 0 aliphatic rings. The maximum Gasteiger partial charge on any atom is 0.307 e. The first kappa shape index (κ1) is 16.2. The van der Waals surface area contributed by atoms with Gasteiger partial charge in [-0.15, -0.1) is 0 Å². The minimum Gasteiger partial charge on any atom is -0.469 e. The van der Waals surface area contributed by atoms with Crippen LogP contribution in [0.1, 0.15) is 17.5 Å². The van der Waals surface area contributed by atoms with Crippen molar-refractivity contribution in [1.29, 1.82) is 0 Å². The van der Waals surface area contributed by atoms with E-state index in [0.717, 1.165) is 6.42 Å². The van der Waals surface area contributed by atoms with Crippen molar-refractivity contribution in [2.75, 3.05) is 20.3 Å². The van der Waals surface area contributed by atoms with Crippen LogP contribution in [0.5, 0.6) is 0 Å². The third kappa shape index (κ3) is 5.01. The largest absolute Gasteiger partial charge is 0.469 e. The van der Waals surface area contributed by atoms with Gasteiger partial charge in [0.1, 0.15) is 0 Å². The summed E-state index contributed by atoms with van der Waals surface area (Å²) in [5.41, 5.74) is 4.94. The Hall–Kier alpha value is -2.13. The maximum atomic E-state index is 10.9. The minimum atomic E-state index is -0.234. The summed E-state index contributed by atoms with van der Waals surface area (Å²) in [6.45, 7) is 3.11. The van der Waals surface area contributed by atoms with Crippen LogP contribution < -0.4 is 0 Å². The average molecular weight is 298 g/mol. The number of carbonyl (C=O) groups excluding carboxylic acids is 1. The third-order valence-corrected chi connectivity index (χ3v) is 3.55. The van der Waals surface area contributed by atoms with Crippen molar-refractivity contribution in [2.45, 2.75) is 19.8 Å². The van der Waals surface area contributed by atoms with Crippen LogP contribution in [0.4, 0.5) is 0 Å². The van der Waals surface area contributed by atoms with Crippen molar-refractivity contribution in [2.24, 2.45) is 0 Å². The van der Waals surface area contributed by atoms with E-state index in [4.69, 9.17) is 4.74 Å². The topological polar surface area (TPSA) is 35.5 Å². The first-order valence-corrected chi connectivity index (χ1v) is 7.49. The predicted octanol–water partition coefficient (Wildman–Crippen LogP) is 3.78. The van der Waals surface area contributed by atoms with Gasteiger partial charge in [-0.2, -0.15) is 0 Å². The fourth-order valence-corrected chi connectivity index (χ4v) is 2.16. The quantitative estimate of drug-likeness (QED) is 0.576. The molecule has 0 saturated carbocycles. The lowest BCUT2D eigenvalue weighted by Crippen LogP contribution is -2.07. The number of ether oxygens (including phenoxy) is 2. The predicted molar refractivity (Wildman–Crippen MR) is 87.8 cm³/mol. The first-order valence-electron chi connectivity index (χ1n) is 7.49. The molecule has 2 rings (SSSR count). The van der Waals surface area contributed by atoms with Gasteiger partial charge in [-0.1, -0.05) is 54.1 Å². The molecule has 0 amide bonds. The van der Waals surface area contributed by atoms with Crippen LogP contribution in [0.3, 0.4) is 0 Å². The second kappa shape index (κ2) is 8.35. The molecule has 0 unspecified atom stereocenters. The number of carbonyl (C=O) groups is 1. The van der Waals surface area contributed by atoms with Gasteiger partial charge in [-0.3, -0.25) is 4.79 Å². The number of rotatable bonds is 7. The molecule has 116 valence electrons. The van der Waals surface area contributed by atoms with Crippen molar-refractivity contribution in [3.05, 3.63) is 59.7 Å². The Balaban J connectivity index is 1.79. The summed E-state index contributed by atoms with van der Waals surface area (Å²) in [6, 6.07) is 17.0. The zero-order chi connectivity index (χ0) is 15.8. The van der Waals surface area contributed by atoms with E-state index >= 15 is 0 Å². The Morgan fingerprint density at radius 2 is 1.50 bits per heavy atom. The zero-order valence-electron chi connectivity index (χ0n) is 13.2. The molecule has 0 bridgehead atoms. The molecule has 22 heavy (non-hydrogen) atoms. The molecule has 2 aromatic rings. The SMILES string of the molecule is COC(=O)CCOCCc1ccc(-c2ccc(C)cc2)cc1. The molecule has 3 nitrogen and oxygen atoms in total. The molecule has 0 N–H and O–H groups in total. The number of aryl methyl sites for hydroxylation is 1. The van der Waals surface area contributed by atoms with E-state index in [-0.39, 0.29) is 5.97 Å². The van der Waals surface area contributed by atoms with Gasteiger partial charge in [0.2, 0.25) is 0 Å². The number of esters is 1. The van der Waals surface area contributed by atoms with E-state index in [2.05, 4.69) is 60.2 Å². The summed E-state index contributed by atoms with van der Waals surface area (Å²) in [7, 11) is 1.39. The standard InChI is InChI=1S/C19H22O3/c1-15-3-7-17(8-4-15)18-9-5-16(6-10-18)11-13-22-14-12-19(20)21-2/h3-10H,11-14H2,1-2H3. The van der Waals surface area contributed by atoms with Crippen LogP contribution in [-0.2, 0) is 20.7 Å². The molecule has 2 aromatic carbocycles. The number of methoxy groups -OCH3 is 1. The zero-order valence-corrected chi connectivity index (χ0v) is 13.2. The summed E-state index contributed by atoms with van der Waals surface area (Å²) in [5, 5.41) is 0. The normalized spacial score (nSPS) is 10.5. The van der Waals surface area contributed by atoms with Gasteiger partial charge in [0, 0.05) is 0 Å². The van der Waals surface area contributed by atoms with Crippen molar-refractivity contribution in [3.63, 3.8) is 0 Å². The molecular weight excluding hydrogens is 276 g/mol. The molecule has 0 radical (unpaired) electrons.